The first-order valence-electron chi connectivity index (χ1n) is 10.5. The van der Waals surface area contributed by atoms with E-state index in [0.29, 0.717) is 17.3 Å². The Labute approximate surface area is 203 Å². The molecule has 0 saturated carbocycles. The smallest absolute Gasteiger partial charge is 0.417 e. The zero-order valence-corrected chi connectivity index (χ0v) is 19.4. The van der Waals surface area contributed by atoms with Gasteiger partial charge in [0.2, 0.25) is 0 Å². The molecule has 4 rings (SSSR count). The molecular weight excluding hydrogens is 511 g/mol. The molecule has 2 aromatic carbocycles. The highest BCUT2D eigenvalue weighted by molar-refractivity contribution is 7.92. The van der Waals surface area contributed by atoms with E-state index in [0.717, 1.165) is 12.1 Å². The Balaban J connectivity index is 1.90. The maximum Gasteiger partial charge on any atom is 0.417 e. The molecule has 35 heavy (non-hydrogen) atoms. The van der Waals surface area contributed by atoms with Crippen LogP contribution in [0.3, 0.4) is 0 Å². The number of aromatic carboxylic acids is 1. The van der Waals surface area contributed by atoms with E-state index < -0.39 is 60.6 Å². The summed E-state index contributed by atoms with van der Waals surface area (Å²) in [5.74, 6) is -3.22. The molecule has 0 bridgehead atoms. The summed E-state index contributed by atoms with van der Waals surface area (Å²) < 4.78 is 69.2. The summed E-state index contributed by atoms with van der Waals surface area (Å²) in [6, 6.07) is 6.91. The van der Waals surface area contributed by atoms with Crippen LogP contribution in [0.15, 0.2) is 58.6 Å². The number of benzene rings is 2. The Bertz CT molecular complexity index is 1340. The summed E-state index contributed by atoms with van der Waals surface area (Å²) in [7, 11) is -4.81. The molecule has 186 valence electrons. The van der Waals surface area contributed by atoms with Crippen molar-refractivity contribution in [2.45, 2.75) is 41.6 Å². The normalized spacial score (nSPS) is 22.5. The van der Waals surface area contributed by atoms with Gasteiger partial charge in [-0.05, 0) is 54.7 Å². The lowest BCUT2D eigenvalue weighted by atomic mass is 9.86. The van der Waals surface area contributed by atoms with Crippen LogP contribution >= 0.6 is 11.6 Å². The van der Waals surface area contributed by atoms with Gasteiger partial charge >= 0.3 is 18.1 Å². The quantitative estimate of drug-likeness (QED) is 0.514. The molecule has 0 spiro atoms. The Morgan fingerprint density at radius 1 is 1.06 bits per heavy atom. The number of carboxylic acid groups (broad SMARTS) is 2. The summed E-state index contributed by atoms with van der Waals surface area (Å²) in [6.07, 6.45) is -4.72. The predicted molar refractivity (Wildman–Crippen MR) is 119 cm³/mol. The van der Waals surface area contributed by atoms with Gasteiger partial charge < -0.3 is 15.5 Å². The highest BCUT2D eigenvalue weighted by Gasteiger charge is 2.50. The summed E-state index contributed by atoms with van der Waals surface area (Å²) in [4.78, 5) is 21.8. The first-order valence-corrected chi connectivity index (χ1v) is 12.4. The Morgan fingerprint density at radius 2 is 1.71 bits per heavy atom. The Morgan fingerprint density at radius 3 is 2.29 bits per heavy atom. The van der Waals surface area contributed by atoms with Crippen molar-refractivity contribution >= 4 is 33.4 Å². The first-order chi connectivity index (χ1) is 16.3. The maximum atomic E-state index is 13.9. The summed E-state index contributed by atoms with van der Waals surface area (Å²) in [6.45, 7) is 0. The van der Waals surface area contributed by atoms with Crippen LogP contribution < -0.4 is 5.32 Å². The molecule has 0 fully saturated rings. The van der Waals surface area contributed by atoms with E-state index in [1.165, 1.54) is 24.3 Å². The van der Waals surface area contributed by atoms with E-state index >= 15 is 0 Å². The molecule has 7 nitrogen and oxygen atoms in total. The van der Waals surface area contributed by atoms with Gasteiger partial charge in [0.1, 0.15) is 5.25 Å². The van der Waals surface area contributed by atoms with Crippen molar-refractivity contribution in [2.75, 3.05) is 0 Å². The molecule has 2 aliphatic rings. The molecule has 1 aliphatic heterocycles. The average molecular weight is 530 g/mol. The van der Waals surface area contributed by atoms with Crippen LogP contribution in [0.1, 0.15) is 46.8 Å². The fourth-order valence-corrected chi connectivity index (χ4v) is 7.48. The first kappa shape index (κ1) is 25.1. The van der Waals surface area contributed by atoms with Crippen LogP contribution in [-0.2, 0) is 20.8 Å². The van der Waals surface area contributed by atoms with Crippen molar-refractivity contribution in [2.24, 2.45) is 5.92 Å². The zero-order chi connectivity index (χ0) is 25.7. The van der Waals surface area contributed by atoms with E-state index in [9.17, 15) is 36.3 Å². The summed E-state index contributed by atoms with van der Waals surface area (Å²) in [5.41, 5.74) is -0.483. The fraction of sp³-hybridized carbons (Fsp3) is 0.304. The van der Waals surface area contributed by atoms with E-state index in [4.69, 9.17) is 16.7 Å². The third kappa shape index (κ3) is 4.50. The molecular formula is C23H19ClF3NO6S. The molecule has 3 atom stereocenters. The molecule has 3 unspecified atom stereocenters. The van der Waals surface area contributed by atoms with E-state index in [2.05, 4.69) is 5.32 Å². The van der Waals surface area contributed by atoms with Crippen LogP contribution in [0.2, 0.25) is 5.02 Å². The molecule has 12 heteroatoms. The molecule has 0 radical (unpaired) electrons. The van der Waals surface area contributed by atoms with Gasteiger partial charge in [-0.3, -0.25) is 4.79 Å². The molecule has 2 aromatic rings. The minimum absolute atomic E-state index is 0.0553. The highest BCUT2D eigenvalue weighted by atomic mass is 35.5. The molecule has 0 aromatic heterocycles. The number of allylic oxidation sites excluding steroid dienone is 1. The third-order valence-corrected chi connectivity index (χ3v) is 8.99. The van der Waals surface area contributed by atoms with Gasteiger partial charge in [-0.1, -0.05) is 29.8 Å². The summed E-state index contributed by atoms with van der Waals surface area (Å²) in [5, 5.41) is 19.6. The molecule has 0 amide bonds. The lowest BCUT2D eigenvalue weighted by Gasteiger charge is -2.27. The number of aliphatic carboxylic acids is 1. The second-order valence-corrected chi connectivity index (χ2v) is 10.8. The maximum absolute atomic E-state index is 13.9. The number of rotatable bonds is 5. The number of hydrogen-bond acceptors (Lipinski definition) is 5. The molecule has 1 heterocycles. The highest BCUT2D eigenvalue weighted by Crippen LogP contribution is 2.48. The Hall–Kier alpha value is -3.05. The van der Waals surface area contributed by atoms with Gasteiger partial charge in [-0.2, -0.15) is 13.2 Å². The second-order valence-electron chi connectivity index (χ2n) is 8.41. The number of carbonyl (C=O) groups is 2. The van der Waals surface area contributed by atoms with Crippen LogP contribution in [0.5, 0.6) is 0 Å². The van der Waals surface area contributed by atoms with Crippen molar-refractivity contribution < 1.29 is 41.4 Å². The number of hydrogen-bond donors (Lipinski definition) is 3. The fourth-order valence-electron chi connectivity index (χ4n) is 4.70. The number of alkyl halides is 3. The van der Waals surface area contributed by atoms with Crippen LogP contribution in [0.4, 0.5) is 13.2 Å². The van der Waals surface area contributed by atoms with Gasteiger partial charge in [-0.15, -0.1) is 0 Å². The van der Waals surface area contributed by atoms with Gasteiger partial charge in [0.05, 0.1) is 33.0 Å². The predicted octanol–water partition coefficient (Wildman–Crippen LogP) is 4.68. The lowest BCUT2D eigenvalue weighted by Crippen LogP contribution is -2.33. The standard InChI is InChI=1S/C23H19ClF3NO6S/c24-16-3-1-2-15(23(25,26)27)20(16)35(33,34)19-14-10-13(22(31)32)8-9-17(14)28-18(19)11-4-6-12(7-5-11)21(29)30/h1-7,13,18-19,28H,8-10H2,(H,29,30)(H,31,32). The monoisotopic (exact) mass is 529 g/mol. The van der Waals surface area contributed by atoms with E-state index in [1.807, 2.05) is 0 Å². The number of nitrogens with one attached hydrogen (secondary N) is 1. The number of sulfone groups is 1. The lowest BCUT2D eigenvalue weighted by molar-refractivity contribution is -0.142. The minimum Gasteiger partial charge on any atom is -0.481 e. The zero-order valence-electron chi connectivity index (χ0n) is 17.8. The number of halogens is 4. The Kier molecular flexibility index (Phi) is 6.35. The second kappa shape index (κ2) is 8.87. The third-order valence-electron chi connectivity index (χ3n) is 6.33. The van der Waals surface area contributed by atoms with Crippen LogP contribution in [-0.4, -0.2) is 35.8 Å². The number of carboxylic acids is 2. The van der Waals surface area contributed by atoms with E-state index in [-0.39, 0.29) is 30.4 Å². The van der Waals surface area contributed by atoms with Crippen molar-refractivity contribution in [3.63, 3.8) is 0 Å². The van der Waals surface area contributed by atoms with Crippen molar-refractivity contribution in [1.82, 2.24) is 5.32 Å². The van der Waals surface area contributed by atoms with Crippen molar-refractivity contribution in [3.8, 4) is 0 Å². The van der Waals surface area contributed by atoms with Crippen molar-refractivity contribution in [1.29, 1.82) is 0 Å². The molecule has 1 aliphatic carbocycles. The van der Waals surface area contributed by atoms with Gasteiger partial charge in [0.25, 0.3) is 0 Å². The van der Waals surface area contributed by atoms with Crippen LogP contribution in [0, 0.1) is 5.92 Å². The van der Waals surface area contributed by atoms with E-state index in [1.54, 1.807) is 0 Å². The van der Waals surface area contributed by atoms with Gasteiger partial charge in [-0.25, -0.2) is 13.2 Å². The minimum atomic E-state index is -5.01. The summed E-state index contributed by atoms with van der Waals surface area (Å²) >= 11 is 6.03. The topological polar surface area (TPSA) is 121 Å². The van der Waals surface area contributed by atoms with Gasteiger partial charge in [0, 0.05) is 5.70 Å². The molecule has 3 N–H and O–H groups in total. The largest absolute Gasteiger partial charge is 0.481 e. The molecule has 0 saturated heterocycles. The SMILES string of the molecule is O=C(O)c1ccc(C2NC3=C(CC(C(=O)O)CC3)C2S(=O)(=O)c2c(Cl)cccc2C(F)(F)F)cc1. The average Bonchev–Trinajstić information content (AvgIpc) is 3.17. The van der Waals surface area contributed by atoms with Crippen molar-refractivity contribution in [3.05, 3.63) is 75.4 Å². The van der Waals surface area contributed by atoms with Crippen LogP contribution in [0.25, 0.3) is 0 Å². The van der Waals surface area contributed by atoms with Gasteiger partial charge in [0.15, 0.2) is 9.84 Å².